The molecule has 1 aromatic carbocycles. The lowest BCUT2D eigenvalue weighted by Gasteiger charge is -2.07. The molecule has 0 fully saturated rings. The first-order valence-corrected chi connectivity index (χ1v) is 4.75. The predicted octanol–water partition coefficient (Wildman–Crippen LogP) is 2.44. The number of aromatic nitrogens is 1. The molecule has 2 rings (SSSR count). The van der Waals surface area contributed by atoms with Gasteiger partial charge in [0.05, 0.1) is 0 Å². The summed E-state index contributed by atoms with van der Waals surface area (Å²) in [5, 5.41) is 0. The van der Waals surface area contributed by atoms with Crippen LogP contribution < -0.4 is 16.0 Å². The molecule has 0 aliphatic carbocycles. The molecule has 2 aromatic rings. The molecule has 0 amide bonds. The maximum atomic E-state index is 13.3. The molecule has 0 bridgehead atoms. The number of nitrogens with zero attached hydrogens (tertiary/aromatic N) is 1. The van der Waals surface area contributed by atoms with Gasteiger partial charge in [-0.25, -0.2) is 14.6 Å². The van der Waals surface area contributed by atoms with Crippen molar-refractivity contribution in [2.75, 3.05) is 5.43 Å². The van der Waals surface area contributed by atoms with E-state index >= 15 is 0 Å². The fourth-order valence-corrected chi connectivity index (χ4v) is 1.22. The zero-order valence-corrected chi connectivity index (χ0v) is 8.65. The third kappa shape index (κ3) is 2.67. The Labute approximate surface area is 96.0 Å². The summed E-state index contributed by atoms with van der Waals surface area (Å²) in [6.45, 7) is 0. The summed E-state index contributed by atoms with van der Waals surface area (Å²) >= 11 is 0. The molecule has 0 aliphatic rings. The van der Waals surface area contributed by atoms with Crippen LogP contribution in [0.15, 0.2) is 36.4 Å². The van der Waals surface area contributed by atoms with Gasteiger partial charge in [0.15, 0.2) is 11.6 Å². The van der Waals surface area contributed by atoms with Crippen molar-refractivity contribution in [1.82, 2.24) is 4.98 Å². The fourth-order valence-electron chi connectivity index (χ4n) is 1.22. The standard InChI is InChI=1S/C11H9F2N3O/c12-7-4-5-8(13)9(6-7)17-11-3-1-2-10(15-11)16-14/h1-6H,14H2,(H,15,16). The summed E-state index contributed by atoms with van der Waals surface area (Å²) in [7, 11) is 0. The maximum absolute atomic E-state index is 13.3. The molecule has 17 heavy (non-hydrogen) atoms. The first kappa shape index (κ1) is 11.3. The van der Waals surface area contributed by atoms with E-state index < -0.39 is 11.6 Å². The van der Waals surface area contributed by atoms with Crippen molar-refractivity contribution in [3.05, 3.63) is 48.0 Å². The molecular weight excluding hydrogens is 228 g/mol. The Morgan fingerprint density at radius 1 is 1.18 bits per heavy atom. The topological polar surface area (TPSA) is 60.2 Å². The minimum absolute atomic E-state index is 0.116. The predicted molar refractivity (Wildman–Crippen MR) is 58.5 cm³/mol. The third-order valence-electron chi connectivity index (χ3n) is 1.98. The summed E-state index contributed by atoms with van der Waals surface area (Å²) in [5.41, 5.74) is 2.32. The van der Waals surface area contributed by atoms with Gasteiger partial charge in [-0.1, -0.05) is 6.07 Å². The quantitative estimate of drug-likeness (QED) is 0.635. The minimum Gasteiger partial charge on any atom is -0.436 e. The van der Waals surface area contributed by atoms with Gasteiger partial charge in [0.1, 0.15) is 11.6 Å². The van der Waals surface area contributed by atoms with E-state index in [1.165, 1.54) is 6.07 Å². The summed E-state index contributed by atoms with van der Waals surface area (Å²) in [5.74, 6) is 4.15. The van der Waals surface area contributed by atoms with Gasteiger partial charge < -0.3 is 10.2 Å². The number of anilines is 1. The van der Waals surface area contributed by atoms with Crippen LogP contribution in [0.5, 0.6) is 11.6 Å². The van der Waals surface area contributed by atoms with Crippen molar-refractivity contribution in [2.45, 2.75) is 0 Å². The van der Waals surface area contributed by atoms with E-state index in [1.54, 1.807) is 12.1 Å². The number of rotatable bonds is 3. The van der Waals surface area contributed by atoms with E-state index in [4.69, 9.17) is 10.6 Å². The van der Waals surface area contributed by atoms with Gasteiger partial charge in [0.25, 0.3) is 0 Å². The van der Waals surface area contributed by atoms with Crippen LogP contribution in [0, 0.1) is 11.6 Å². The number of hydrogen-bond acceptors (Lipinski definition) is 4. The van der Waals surface area contributed by atoms with Crippen LogP contribution in [0.25, 0.3) is 0 Å². The number of benzene rings is 1. The van der Waals surface area contributed by atoms with Crippen LogP contribution in [-0.4, -0.2) is 4.98 Å². The zero-order valence-electron chi connectivity index (χ0n) is 8.65. The van der Waals surface area contributed by atoms with Gasteiger partial charge in [-0.3, -0.25) is 0 Å². The molecule has 3 N–H and O–H groups in total. The first-order valence-electron chi connectivity index (χ1n) is 4.75. The average Bonchev–Trinajstić information content (AvgIpc) is 2.34. The summed E-state index contributed by atoms with van der Waals surface area (Å²) in [6.07, 6.45) is 0. The van der Waals surface area contributed by atoms with Crippen LogP contribution in [0.2, 0.25) is 0 Å². The van der Waals surface area contributed by atoms with Crippen LogP contribution in [-0.2, 0) is 0 Å². The number of nitrogen functional groups attached to an aromatic ring is 1. The van der Waals surface area contributed by atoms with Crippen molar-refractivity contribution >= 4 is 5.82 Å². The molecule has 1 heterocycles. The monoisotopic (exact) mass is 237 g/mol. The number of pyridine rings is 1. The molecule has 0 unspecified atom stereocenters. The average molecular weight is 237 g/mol. The SMILES string of the molecule is NNc1cccc(Oc2cc(F)ccc2F)n1. The second-order valence-electron chi connectivity index (χ2n) is 3.18. The Bertz CT molecular complexity index is 534. The van der Waals surface area contributed by atoms with Crippen LogP contribution in [0.3, 0.4) is 0 Å². The highest BCUT2D eigenvalue weighted by atomic mass is 19.1. The molecule has 0 saturated heterocycles. The fraction of sp³-hybridized carbons (Fsp3) is 0. The van der Waals surface area contributed by atoms with E-state index in [9.17, 15) is 8.78 Å². The molecular formula is C11H9F2N3O. The van der Waals surface area contributed by atoms with Gasteiger partial charge in [-0.15, -0.1) is 0 Å². The second kappa shape index (κ2) is 4.75. The van der Waals surface area contributed by atoms with Gasteiger partial charge in [-0.05, 0) is 18.2 Å². The van der Waals surface area contributed by atoms with Crippen molar-refractivity contribution in [3.8, 4) is 11.6 Å². The zero-order chi connectivity index (χ0) is 12.3. The van der Waals surface area contributed by atoms with Gasteiger partial charge >= 0.3 is 0 Å². The van der Waals surface area contributed by atoms with E-state index in [-0.39, 0.29) is 11.6 Å². The van der Waals surface area contributed by atoms with Crippen molar-refractivity contribution in [3.63, 3.8) is 0 Å². The van der Waals surface area contributed by atoms with Gasteiger partial charge in [0.2, 0.25) is 5.88 Å². The van der Waals surface area contributed by atoms with Crippen molar-refractivity contribution in [1.29, 1.82) is 0 Å². The van der Waals surface area contributed by atoms with E-state index in [1.807, 2.05) is 0 Å². The van der Waals surface area contributed by atoms with Gasteiger partial charge in [-0.2, -0.15) is 4.98 Å². The highest BCUT2D eigenvalue weighted by Gasteiger charge is 2.07. The molecule has 0 saturated carbocycles. The van der Waals surface area contributed by atoms with E-state index in [0.717, 1.165) is 18.2 Å². The Morgan fingerprint density at radius 2 is 2.00 bits per heavy atom. The third-order valence-corrected chi connectivity index (χ3v) is 1.98. The Balaban J connectivity index is 2.27. The van der Waals surface area contributed by atoms with Crippen LogP contribution in [0.4, 0.5) is 14.6 Å². The van der Waals surface area contributed by atoms with Crippen molar-refractivity contribution in [2.24, 2.45) is 5.84 Å². The molecule has 0 atom stereocenters. The van der Waals surface area contributed by atoms with Crippen LogP contribution >= 0.6 is 0 Å². The molecule has 0 spiro atoms. The lowest BCUT2D eigenvalue weighted by molar-refractivity contribution is 0.423. The number of nitrogens with one attached hydrogen (secondary N) is 1. The van der Waals surface area contributed by atoms with E-state index in [0.29, 0.717) is 5.82 Å². The smallest absolute Gasteiger partial charge is 0.221 e. The lowest BCUT2D eigenvalue weighted by Crippen LogP contribution is -2.08. The molecule has 0 aliphatic heterocycles. The summed E-state index contributed by atoms with van der Waals surface area (Å²) in [6, 6.07) is 7.66. The van der Waals surface area contributed by atoms with Crippen molar-refractivity contribution < 1.29 is 13.5 Å². The highest BCUT2D eigenvalue weighted by Crippen LogP contribution is 2.24. The van der Waals surface area contributed by atoms with Crippen LogP contribution in [0.1, 0.15) is 0 Å². The summed E-state index contributed by atoms with van der Waals surface area (Å²) in [4.78, 5) is 3.91. The molecule has 6 heteroatoms. The number of hydrazine groups is 1. The van der Waals surface area contributed by atoms with E-state index in [2.05, 4.69) is 10.4 Å². The Kier molecular flexibility index (Phi) is 3.15. The summed E-state index contributed by atoms with van der Waals surface area (Å²) < 4.78 is 31.3. The Hall–Kier alpha value is -2.21. The minimum atomic E-state index is -0.667. The molecule has 1 aromatic heterocycles. The largest absolute Gasteiger partial charge is 0.436 e. The molecule has 4 nitrogen and oxygen atoms in total. The Morgan fingerprint density at radius 3 is 2.76 bits per heavy atom. The first-order chi connectivity index (χ1) is 8.19. The number of ether oxygens (including phenoxy) is 1. The lowest BCUT2D eigenvalue weighted by atomic mass is 10.3. The number of halogens is 2. The normalized spacial score (nSPS) is 10.1. The molecule has 0 radical (unpaired) electrons. The van der Waals surface area contributed by atoms with Gasteiger partial charge in [0, 0.05) is 12.1 Å². The maximum Gasteiger partial charge on any atom is 0.221 e. The molecule has 88 valence electrons. The number of nitrogens with two attached hydrogens (primary N) is 1. The second-order valence-corrected chi connectivity index (χ2v) is 3.18. The highest BCUT2D eigenvalue weighted by molar-refractivity contribution is 5.37. The number of hydrogen-bond donors (Lipinski definition) is 2.